The smallest absolute Gasteiger partial charge is 0.195 e. The second-order valence-corrected chi connectivity index (χ2v) is 5.15. The molecule has 88 valence electrons. The minimum Gasteiger partial charge on any atom is -0.343 e. The number of thiol groups is 1. The standard InChI is InChI=1S/C12H15BrO2S/c13-11-4-2-10(3-5-11)12(6-1-9-16)14-7-8-15-12/h2-5,16H,1,6-9H2. The average molecular weight is 303 g/mol. The fourth-order valence-electron chi connectivity index (χ4n) is 1.93. The SMILES string of the molecule is SCCCC1(c2ccc(Br)cc2)OCCO1. The molecule has 0 aromatic heterocycles. The summed E-state index contributed by atoms with van der Waals surface area (Å²) in [6.45, 7) is 1.34. The summed E-state index contributed by atoms with van der Waals surface area (Å²) in [6.07, 6.45) is 1.84. The highest BCUT2D eigenvalue weighted by Gasteiger charge is 2.37. The maximum atomic E-state index is 5.80. The van der Waals surface area contributed by atoms with Crippen molar-refractivity contribution in [2.75, 3.05) is 19.0 Å². The molecule has 0 radical (unpaired) electrons. The van der Waals surface area contributed by atoms with Crippen LogP contribution in [0.15, 0.2) is 28.7 Å². The van der Waals surface area contributed by atoms with E-state index in [0.717, 1.165) is 28.6 Å². The summed E-state index contributed by atoms with van der Waals surface area (Å²) in [5, 5.41) is 0. The normalized spacial score (nSPS) is 18.9. The topological polar surface area (TPSA) is 18.5 Å². The van der Waals surface area contributed by atoms with Crippen molar-refractivity contribution in [1.82, 2.24) is 0 Å². The monoisotopic (exact) mass is 302 g/mol. The predicted octanol–water partition coefficient (Wildman–Crippen LogP) is 3.36. The summed E-state index contributed by atoms with van der Waals surface area (Å²) in [4.78, 5) is 0. The molecule has 0 atom stereocenters. The first-order valence-corrected chi connectivity index (χ1v) is 6.84. The number of hydrogen-bond acceptors (Lipinski definition) is 3. The highest BCUT2D eigenvalue weighted by Crippen LogP contribution is 2.36. The maximum absolute atomic E-state index is 5.80. The molecule has 0 amide bonds. The van der Waals surface area contributed by atoms with Crippen LogP contribution in [0, 0.1) is 0 Å². The van der Waals surface area contributed by atoms with E-state index in [-0.39, 0.29) is 0 Å². The lowest BCUT2D eigenvalue weighted by Gasteiger charge is -2.27. The van der Waals surface area contributed by atoms with Crippen molar-refractivity contribution in [3.8, 4) is 0 Å². The van der Waals surface area contributed by atoms with E-state index in [1.165, 1.54) is 0 Å². The van der Waals surface area contributed by atoms with Crippen LogP contribution < -0.4 is 0 Å². The molecular formula is C12H15BrO2S. The summed E-state index contributed by atoms with van der Waals surface area (Å²) in [5.74, 6) is 0.314. The highest BCUT2D eigenvalue weighted by molar-refractivity contribution is 9.10. The lowest BCUT2D eigenvalue weighted by atomic mass is 10.0. The van der Waals surface area contributed by atoms with Gasteiger partial charge in [-0.05, 0) is 24.3 Å². The molecule has 1 aromatic carbocycles. The van der Waals surface area contributed by atoms with Gasteiger partial charge in [-0.2, -0.15) is 12.6 Å². The fourth-order valence-corrected chi connectivity index (χ4v) is 2.35. The van der Waals surface area contributed by atoms with Crippen molar-refractivity contribution in [2.45, 2.75) is 18.6 Å². The summed E-state index contributed by atoms with van der Waals surface area (Å²) in [7, 11) is 0. The first kappa shape index (κ1) is 12.4. The third-order valence-electron chi connectivity index (χ3n) is 2.70. The van der Waals surface area contributed by atoms with Crippen molar-refractivity contribution in [3.63, 3.8) is 0 Å². The quantitative estimate of drug-likeness (QED) is 0.860. The molecule has 0 aliphatic carbocycles. The summed E-state index contributed by atoms with van der Waals surface area (Å²) < 4.78 is 12.7. The molecule has 1 fully saturated rings. The van der Waals surface area contributed by atoms with E-state index in [4.69, 9.17) is 9.47 Å². The third-order valence-corrected chi connectivity index (χ3v) is 3.55. The summed E-state index contributed by atoms with van der Waals surface area (Å²) in [6, 6.07) is 8.13. The Bertz CT molecular complexity index is 333. The van der Waals surface area contributed by atoms with Gasteiger partial charge in [0.2, 0.25) is 0 Å². The van der Waals surface area contributed by atoms with Gasteiger partial charge in [0.05, 0.1) is 13.2 Å². The first-order chi connectivity index (χ1) is 7.77. The molecule has 16 heavy (non-hydrogen) atoms. The van der Waals surface area contributed by atoms with Crippen LogP contribution in [0.5, 0.6) is 0 Å². The van der Waals surface area contributed by atoms with Crippen molar-refractivity contribution < 1.29 is 9.47 Å². The molecule has 0 saturated carbocycles. The zero-order valence-electron chi connectivity index (χ0n) is 8.99. The molecule has 1 aliphatic rings. The van der Waals surface area contributed by atoms with Crippen LogP contribution >= 0.6 is 28.6 Å². The number of hydrogen-bond donors (Lipinski definition) is 1. The van der Waals surface area contributed by atoms with Gasteiger partial charge in [0.1, 0.15) is 0 Å². The minimum atomic E-state index is -0.538. The Balaban J connectivity index is 2.21. The molecule has 0 N–H and O–H groups in total. The van der Waals surface area contributed by atoms with Gasteiger partial charge in [0.15, 0.2) is 5.79 Å². The summed E-state index contributed by atoms with van der Waals surface area (Å²) >= 11 is 7.67. The van der Waals surface area contributed by atoms with Gasteiger partial charge in [0.25, 0.3) is 0 Å². The molecule has 2 nitrogen and oxygen atoms in total. The van der Waals surface area contributed by atoms with Crippen LogP contribution in [0.4, 0.5) is 0 Å². The van der Waals surface area contributed by atoms with Gasteiger partial charge < -0.3 is 9.47 Å². The Hall–Kier alpha value is -0.0300. The first-order valence-electron chi connectivity index (χ1n) is 5.42. The molecule has 1 heterocycles. The van der Waals surface area contributed by atoms with Crippen LogP contribution in [0.25, 0.3) is 0 Å². The summed E-state index contributed by atoms with van der Waals surface area (Å²) in [5.41, 5.74) is 1.09. The lowest BCUT2D eigenvalue weighted by molar-refractivity contribution is -0.170. The van der Waals surface area contributed by atoms with Crippen LogP contribution in [-0.2, 0) is 15.3 Å². The predicted molar refractivity (Wildman–Crippen MR) is 70.8 cm³/mol. The van der Waals surface area contributed by atoms with Gasteiger partial charge in [-0.15, -0.1) is 0 Å². The van der Waals surface area contributed by atoms with Gasteiger partial charge >= 0.3 is 0 Å². The second-order valence-electron chi connectivity index (χ2n) is 3.78. The molecule has 0 unspecified atom stereocenters. The molecule has 0 bridgehead atoms. The molecular weight excluding hydrogens is 288 g/mol. The Kier molecular flexibility index (Phi) is 4.30. The van der Waals surface area contributed by atoms with Crippen LogP contribution in [-0.4, -0.2) is 19.0 Å². The lowest BCUT2D eigenvalue weighted by Crippen LogP contribution is -2.27. The fraction of sp³-hybridized carbons (Fsp3) is 0.500. The van der Waals surface area contributed by atoms with Gasteiger partial charge in [-0.3, -0.25) is 0 Å². The molecule has 4 heteroatoms. The van der Waals surface area contributed by atoms with Crippen molar-refractivity contribution in [1.29, 1.82) is 0 Å². The van der Waals surface area contributed by atoms with Gasteiger partial charge in [-0.1, -0.05) is 28.1 Å². The van der Waals surface area contributed by atoms with E-state index in [1.54, 1.807) is 0 Å². The number of halogens is 1. The van der Waals surface area contributed by atoms with Crippen LogP contribution in [0.2, 0.25) is 0 Å². The molecule has 1 aromatic rings. The van der Waals surface area contributed by atoms with Gasteiger partial charge in [-0.25, -0.2) is 0 Å². The zero-order valence-corrected chi connectivity index (χ0v) is 11.5. The van der Waals surface area contributed by atoms with E-state index in [0.29, 0.717) is 13.2 Å². The van der Waals surface area contributed by atoms with E-state index in [1.807, 2.05) is 24.3 Å². The molecule has 0 spiro atoms. The average Bonchev–Trinajstić information content (AvgIpc) is 2.77. The Morgan fingerprint density at radius 1 is 1.19 bits per heavy atom. The molecule has 2 rings (SSSR count). The Morgan fingerprint density at radius 2 is 1.81 bits per heavy atom. The molecule has 1 aliphatic heterocycles. The zero-order chi connectivity index (χ0) is 11.4. The maximum Gasteiger partial charge on any atom is 0.195 e. The van der Waals surface area contributed by atoms with E-state index in [2.05, 4.69) is 28.6 Å². The van der Waals surface area contributed by atoms with Gasteiger partial charge in [0, 0.05) is 16.5 Å². The third kappa shape index (κ3) is 2.62. The van der Waals surface area contributed by atoms with Crippen molar-refractivity contribution in [3.05, 3.63) is 34.3 Å². The number of ether oxygens (including phenoxy) is 2. The van der Waals surface area contributed by atoms with E-state index < -0.39 is 5.79 Å². The second kappa shape index (κ2) is 5.54. The van der Waals surface area contributed by atoms with E-state index >= 15 is 0 Å². The van der Waals surface area contributed by atoms with Crippen molar-refractivity contribution in [2.24, 2.45) is 0 Å². The minimum absolute atomic E-state index is 0.538. The van der Waals surface area contributed by atoms with Crippen LogP contribution in [0.3, 0.4) is 0 Å². The number of rotatable bonds is 4. The Labute approximate surface area is 110 Å². The molecule has 1 saturated heterocycles. The highest BCUT2D eigenvalue weighted by atomic mass is 79.9. The van der Waals surface area contributed by atoms with Crippen LogP contribution in [0.1, 0.15) is 18.4 Å². The number of benzene rings is 1. The Morgan fingerprint density at radius 3 is 2.38 bits per heavy atom. The largest absolute Gasteiger partial charge is 0.343 e. The van der Waals surface area contributed by atoms with Crippen molar-refractivity contribution >= 4 is 28.6 Å². The van der Waals surface area contributed by atoms with E-state index in [9.17, 15) is 0 Å².